The third-order valence-corrected chi connectivity index (χ3v) is 5.61. The predicted octanol–water partition coefficient (Wildman–Crippen LogP) is 3.53. The van der Waals surface area contributed by atoms with Gasteiger partial charge in [0.25, 0.3) is 0 Å². The second kappa shape index (κ2) is 6.81. The molecule has 1 amide bonds. The zero-order valence-electron chi connectivity index (χ0n) is 13.8. The van der Waals surface area contributed by atoms with Crippen LogP contribution in [0.4, 0.5) is 5.69 Å². The van der Waals surface area contributed by atoms with Gasteiger partial charge in [-0.25, -0.2) is 9.78 Å². The molecular formula is C18H14N4O2S2. The number of hydrogen-bond acceptors (Lipinski definition) is 6. The fourth-order valence-corrected chi connectivity index (χ4v) is 4.26. The molecule has 3 aromatic heterocycles. The van der Waals surface area contributed by atoms with E-state index >= 15 is 0 Å². The fraction of sp³-hybridized carbons (Fsp3) is 0.111. The third-order valence-electron chi connectivity index (χ3n) is 3.74. The monoisotopic (exact) mass is 382 g/mol. The van der Waals surface area contributed by atoms with Crippen molar-refractivity contribution in [3.8, 4) is 10.6 Å². The molecule has 0 unspecified atom stereocenters. The number of carbonyl (C=O) groups excluding carboxylic acids is 1. The Kier molecular flexibility index (Phi) is 4.36. The van der Waals surface area contributed by atoms with E-state index in [-0.39, 0.29) is 12.5 Å². The normalized spacial score (nSPS) is 11.0. The number of hydrogen-bond donors (Lipinski definition) is 1. The number of fused-ring (bicyclic) bond motifs is 1. The number of anilines is 1. The molecule has 26 heavy (non-hydrogen) atoms. The Bertz CT molecular complexity index is 1130. The highest BCUT2D eigenvalue weighted by molar-refractivity contribution is 7.18. The van der Waals surface area contributed by atoms with Crippen LogP contribution in [0.1, 0.15) is 5.01 Å². The summed E-state index contributed by atoms with van der Waals surface area (Å²) in [5, 5.41) is 5.54. The van der Waals surface area contributed by atoms with Crippen LogP contribution in [-0.4, -0.2) is 20.4 Å². The van der Waals surface area contributed by atoms with E-state index in [2.05, 4.69) is 15.3 Å². The molecule has 0 atom stereocenters. The van der Waals surface area contributed by atoms with Crippen LogP contribution in [0, 0.1) is 6.92 Å². The smallest absolute Gasteiger partial charge is 0.325 e. The van der Waals surface area contributed by atoms with Crippen LogP contribution in [0.25, 0.3) is 20.9 Å². The summed E-state index contributed by atoms with van der Waals surface area (Å²) in [6, 6.07) is 13.0. The lowest BCUT2D eigenvalue weighted by molar-refractivity contribution is -0.116. The van der Waals surface area contributed by atoms with Crippen LogP contribution in [-0.2, 0) is 11.3 Å². The summed E-state index contributed by atoms with van der Waals surface area (Å²) >= 11 is 2.89. The van der Waals surface area contributed by atoms with Crippen molar-refractivity contribution < 1.29 is 4.79 Å². The highest BCUT2D eigenvalue weighted by atomic mass is 32.1. The van der Waals surface area contributed by atoms with Gasteiger partial charge < -0.3 is 5.32 Å². The number of nitrogens with one attached hydrogen (secondary N) is 1. The van der Waals surface area contributed by atoms with E-state index in [9.17, 15) is 9.59 Å². The minimum atomic E-state index is -0.451. The van der Waals surface area contributed by atoms with Crippen LogP contribution in [0.5, 0.6) is 0 Å². The summed E-state index contributed by atoms with van der Waals surface area (Å²) in [7, 11) is 0. The quantitative estimate of drug-likeness (QED) is 0.586. The first-order valence-corrected chi connectivity index (χ1v) is 9.58. The predicted molar refractivity (Wildman–Crippen MR) is 105 cm³/mol. The molecule has 130 valence electrons. The number of thiophene rings is 1. The molecule has 0 saturated heterocycles. The van der Waals surface area contributed by atoms with Crippen molar-refractivity contribution in [2.45, 2.75) is 13.5 Å². The number of rotatable bonds is 4. The molecule has 0 aliphatic rings. The van der Waals surface area contributed by atoms with Crippen molar-refractivity contribution in [3.05, 3.63) is 63.3 Å². The number of aromatic nitrogens is 3. The van der Waals surface area contributed by atoms with Gasteiger partial charge in [-0.05, 0) is 30.5 Å². The van der Waals surface area contributed by atoms with Crippen molar-refractivity contribution >= 4 is 44.6 Å². The average Bonchev–Trinajstić information content (AvgIpc) is 3.27. The van der Waals surface area contributed by atoms with Crippen LogP contribution in [0.15, 0.2) is 52.6 Å². The molecular weight excluding hydrogens is 368 g/mol. The zero-order valence-corrected chi connectivity index (χ0v) is 15.4. The molecule has 0 fully saturated rings. The summed E-state index contributed by atoms with van der Waals surface area (Å²) in [6.45, 7) is 1.77. The Morgan fingerprint density at radius 2 is 1.96 bits per heavy atom. The van der Waals surface area contributed by atoms with E-state index in [1.54, 1.807) is 12.1 Å². The van der Waals surface area contributed by atoms with E-state index < -0.39 is 5.69 Å². The molecule has 0 saturated carbocycles. The first-order chi connectivity index (χ1) is 12.6. The molecule has 6 nitrogen and oxygen atoms in total. The van der Waals surface area contributed by atoms with Gasteiger partial charge >= 0.3 is 5.69 Å². The Morgan fingerprint density at radius 3 is 2.69 bits per heavy atom. The van der Waals surface area contributed by atoms with Crippen LogP contribution >= 0.6 is 22.7 Å². The van der Waals surface area contributed by atoms with Crippen molar-refractivity contribution in [2.24, 2.45) is 0 Å². The Balaban J connectivity index is 1.74. The molecule has 0 spiro atoms. The highest BCUT2D eigenvalue weighted by Gasteiger charge is 2.18. The van der Waals surface area contributed by atoms with E-state index in [0.29, 0.717) is 21.7 Å². The molecule has 4 aromatic rings. The Hall–Kier alpha value is -2.84. The lowest BCUT2D eigenvalue weighted by Crippen LogP contribution is -2.29. The van der Waals surface area contributed by atoms with Gasteiger partial charge in [0.05, 0.1) is 9.88 Å². The number of para-hydroxylation sites is 1. The van der Waals surface area contributed by atoms with Crippen LogP contribution in [0.2, 0.25) is 0 Å². The first kappa shape index (κ1) is 16.6. The molecule has 1 N–H and O–H groups in total. The lowest BCUT2D eigenvalue weighted by atomic mass is 10.3. The topological polar surface area (TPSA) is 76.9 Å². The number of nitrogens with zero attached hydrogens (tertiary/aromatic N) is 3. The number of thiazole rings is 1. The van der Waals surface area contributed by atoms with Gasteiger partial charge in [0.2, 0.25) is 5.91 Å². The van der Waals surface area contributed by atoms with Gasteiger partial charge in [0, 0.05) is 5.69 Å². The summed E-state index contributed by atoms with van der Waals surface area (Å²) in [5.74, 6) is -0.281. The van der Waals surface area contributed by atoms with Crippen LogP contribution in [0.3, 0.4) is 0 Å². The number of aryl methyl sites for hydroxylation is 1. The van der Waals surface area contributed by atoms with Gasteiger partial charge in [-0.15, -0.1) is 22.7 Å². The number of amides is 1. The molecule has 0 radical (unpaired) electrons. The second-order valence-electron chi connectivity index (χ2n) is 5.61. The van der Waals surface area contributed by atoms with Crippen LogP contribution < -0.4 is 11.0 Å². The maximum Gasteiger partial charge on any atom is 0.349 e. The van der Waals surface area contributed by atoms with E-state index in [4.69, 9.17) is 0 Å². The molecule has 8 heteroatoms. The molecule has 0 aliphatic carbocycles. The van der Waals surface area contributed by atoms with E-state index in [1.165, 1.54) is 27.2 Å². The van der Waals surface area contributed by atoms with Gasteiger partial charge in [0.15, 0.2) is 0 Å². The largest absolute Gasteiger partial charge is 0.349 e. The Morgan fingerprint density at radius 1 is 1.15 bits per heavy atom. The van der Waals surface area contributed by atoms with Gasteiger partial charge in [0.1, 0.15) is 22.6 Å². The molecule has 0 bridgehead atoms. The van der Waals surface area contributed by atoms with Crippen molar-refractivity contribution in [1.29, 1.82) is 0 Å². The maximum atomic E-state index is 12.6. The van der Waals surface area contributed by atoms with Gasteiger partial charge in [-0.2, -0.15) is 4.98 Å². The summed E-state index contributed by atoms with van der Waals surface area (Å²) in [4.78, 5) is 35.3. The standard InChI is InChI=1S/C18H14N4O2S2/c1-11-19-16-15(13-8-5-9-25-13)21-18(24)22(17(16)26-11)10-14(23)20-12-6-3-2-4-7-12/h2-9H,10H2,1H3,(H,20,23). The van der Waals surface area contributed by atoms with Crippen molar-refractivity contribution in [2.75, 3.05) is 5.32 Å². The van der Waals surface area contributed by atoms with Gasteiger partial charge in [-0.3, -0.25) is 9.36 Å². The highest BCUT2D eigenvalue weighted by Crippen LogP contribution is 2.31. The third kappa shape index (κ3) is 3.16. The van der Waals surface area contributed by atoms with Crippen molar-refractivity contribution in [1.82, 2.24) is 14.5 Å². The average molecular weight is 382 g/mol. The minimum absolute atomic E-state index is 0.108. The first-order valence-electron chi connectivity index (χ1n) is 7.88. The maximum absolute atomic E-state index is 12.6. The molecule has 0 aliphatic heterocycles. The van der Waals surface area contributed by atoms with E-state index in [1.807, 2.05) is 42.6 Å². The molecule has 3 heterocycles. The summed E-state index contributed by atoms with van der Waals surface area (Å²) in [5.41, 5.74) is 1.46. The Labute approximate surface area is 156 Å². The molecule has 1 aromatic carbocycles. The zero-order chi connectivity index (χ0) is 18.1. The van der Waals surface area contributed by atoms with E-state index in [0.717, 1.165) is 9.88 Å². The molecule has 4 rings (SSSR count). The number of carbonyl (C=O) groups is 1. The van der Waals surface area contributed by atoms with Gasteiger partial charge in [-0.1, -0.05) is 24.3 Å². The number of benzene rings is 1. The lowest BCUT2D eigenvalue weighted by Gasteiger charge is -2.09. The SMILES string of the molecule is Cc1nc2c(-c3cccs3)nc(=O)n(CC(=O)Nc3ccccc3)c2s1. The summed E-state index contributed by atoms with van der Waals surface area (Å²) < 4.78 is 1.38. The fourth-order valence-electron chi connectivity index (χ4n) is 2.64. The van der Waals surface area contributed by atoms with Crippen molar-refractivity contribution in [3.63, 3.8) is 0 Å². The minimum Gasteiger partial charge on any atom is -0.325 e. The second-order valence-corrected chi connectivity index (χ2v) is 7.74. The summed E-state index contributed by atoms with van der Waals surface area (Å²) in [6.07, 6.45) is 0.